The van der Waals surface area contributed by atoms with Crippen molar-refractivity contribution in [3.8, 4) is 5.69 Å². The molecule has 0 saturated carbocycles. The molecule has 0 aliphatic heterocycles. The van der Waals surface area contributed by atoms with Gasteiger partial charge in [-0.15, -0.1) is 5.10 Å². The third-order valence-corrected chi connectivity index (χ3v) is 4.89. The minimum Gasteiger partial charge on any atom is -0.324 e. The molecule has 4 rings (SSSR count). The summed E-state index contributed by atoms with van der Waals surface area (Å²) in [5.41, 5.74) is 3.73. The number of anilines is 1. The fraction of sp³-hybridized carbons (Fsp3) is 0.250. The minimum atomic E-state index is -0.283. The molecule has 0 unspecified atom stereocenters. The molecule has 29 heavy (non-hydrogen) atoms. The van der Waals surface area contributed by atoms with Crippen molar-refractivity contribution in [2.45, 2.75) is 33.9 Å². The van der Waals surface area contributed by atoms with E-state index < -0.39 is 0 Å². The Morgan fingerprint density at radius 2 is 1.79 bits per heavy atom. The summed E-state index contributed by atoms with van der Waals surface area (Å²) >= 11 is 0. The van der Waals surface area contributed by atoms with Crippen molar-refractivity contribution in [2.75, 3.05) is 5.32 Å². The molecule has 0 spiro atoms. The predicted octanol–water partition coefficient (Wildman–Crippen LogP) is 2.05. The zero-order valence-corrected chi connectivity index (χ0v) is 16.5. The maximum Gasteiger partial charge on any atom is 0.329 e. The van der Waals surface area contributed by atoms with Crippen LogP contribution < -0.4 is 11.0 Å². The fourth-order valence-electron chi connectivity index (χ4n) is 3.44. The molecule has 0 atom stereocenters. The van der Waals surface area contributed by atoms with E-state index in [0.717, 1.165) is 22.3 Å². The van der Waals surface area contributed by atoms with E-state index in [4.69, 9.17) is 0 Å². The lowest BCUT2D eigenvalue weighted by Gasteiger charge is -2.11. The summed E-state index contributed by atoms with van der Waals surface area (Å²) < 4.78 is 4.77. The van der Waals surface area contributed by atoms with E-state index in [-0.39, 0.29) is 18.1 Å². The van der Waals surface area contributed by atoms with Crippen molar-refractivity contribution in [2.24, 2.45) is 0 Å². The highest BCUT2D eigenvalue weighted by Gasteiger charge is 2.15. The second-order valence-corrected chi connectivity index (χ2v) is 6.79. The summed E-state index contributed by atoms with van der Waals surface area (Å²) in [5.74, 6) is 0.366. The number of hydrogen-bond donors (Lipinski definition) is 1. The van der Waals surface area contributed by atoms with Gasteiger partial charge in [0.25, 0.3) is 0 Å². The number of benzene rings is 2. The molecule has 0 aliphatic carbocycles. The first-order valence-corrected chi connectivity index (χ1v) is 9.33. The van der Waals surface area contributed by atoms with E-state index >= 15 is 0 Å². The van der Waals surface area contributed by atoms with E-state index in [1.54, 1.807) is 16.2 Å². The number of fused-ring (bicyclic) bond motifs is 1. The summed E-state index contributed by atoms with van der Waals surface area (Å²) in [6.07, 6.45) is 0. The number of nitrogens with zero attached hydrogens (tertiary/aromatic N) is 6. The third-order valence-electron chi connectivity index (χ3n) is 4.89. The van der Waals surface area contributed by atoms with E-state index in [9.17, 15) is 9.59 Å². The molecule has 2 aromatic heterocycles. The van der Waals surface area contributed by atoms with Crippen LogP contribution in [0.1, 0.15) is 18.3 Å². The average molecular weight is 391 g/mol. The number of aromatic nitrogens is 6. The lowest BCUT2D eigenvalue weighted by atomic mass is 10.2. The molecular weight excluding hydrogens is 370 g/mol. The largest absolute Gasteiger partial charge is 0.329 e. The van der Waals surface area contributed by atoms with Gasteiger partial charge in [0.15, 0.2) is 5.82 Å². The SMILES string of the molecule is CCn1c(=O)n(CC(=O)Nc2ccc(C)c(-n3nnnc3C)c2)c2ccccc21. The summed E-state index contributed by atoms with van der Waals surface area (Å²) in [6, 6.07) is 13.0. The van der Waals surface area contributed by atoms with Gasteiger partial charge < -0.3 is 5.32 Å². The normalized spacial score (nSPS) is 11.1. The highest BCUT2D eigenvalue weighted by atomic mass is 16.2. The lowest BCUT2D eigenvalue weighted by molar-refractivity contribution is -0.116. The first-order valence-electron chi connectivity index (χ1n) is 9.33. The number of aryl methyl sites for hydroxylation is 3. The van der Waals surface area contributed by atoms with Crippen LogP contribution in [0.25, 0.3) is 16.7 Å². The molecular formula is C20H21N7O2. The zero-order chi connectivity index (χ0) is 20.5. The smallest absolute Gasteiger partial charge is 0.324 e. The molecule has 9 heteroatoms. The topological polar surface area (TPSA) is 99.6 Å². The van der Waals surface area contributed by atoms with Crippen LogP contribution in [-0.2, 0) is 17.9 Å². The van der Waals surface area contributed by atoms with Gasteiger partial charge in [0.1, 0.15) is 6.54 Å². The molecule has 4 aromatic rings. The van der Waals surface area contributed by atoms with Crippen LogP contribution in [0.3, 0.4) is 0 Å². The van der Waals surface area contributed by atoms with Crippen molar-refractivity contribution >= 4 is 22.6 Å². The van der Waals surface area contributed by atoms with Gasteiger partial charge >= 0.3 is 5.69 Å². The van der Waals surface area contributed by atoms with Gasteiger partial charge in [-0.05, 0) is 61.0 Å². The number of para-hydroxylation sites is 2. The Labute approximate surface area is 166 Å². The molecule has 9 nitrogen and oxygen atoms in total. The molecule has 1 N–H and O–H groups in total. The maximum absolute atomic E-state index is 12.7. The van der Waals surface area contributed by atoms with Gasteiger partial charge in [0, 0.05) is 12.2 Å². The molecule has 0 radical (unpaired) electrons. The Morgan fingerprint density at radius 3 is 2.45 bits per heavy atom. The summed E-state index contributed by atoms with van der Waals surface area (Å²) in [5, 5.41) is 14.4. The second kappa shape index (κ2) is 7.34. The highest BCUT2D eigenvalue weighted by Crippen LogP contribution is 2.20. The van der Waals surface area contributed by atoms with E-state index in [1.807, 2.05) is 56.3 Å². The zero-order valence-electron chi connectivity index (χ0n) is 16.5. The van der Waals surface area contributed by atoms with Gasteiger partial charge in [0.05, 0.1) is 16.7 Å². The van der Waals surface area contributed by atoms with Crippen molar-refractivity contribution in [3.63, 3.8) is 0 Å². The summed E-state index contributed by atoms with van der Waals surface area (Å²) in [4.78, 5) is 25.4. The highest BCUT2D eigenvalue weighted by molar-refractivity contribution is 5.92. The molecule has 0 saturated heterocycles. The number of rotatable bonds is 5. The van der Waals surface area contributed by atoms with Gasteiger partial charge in [-0.25, -0.2) is 4.79 Å². The van der Waals surface area contributed by atoms with Crippen molar-refractivity contribution in [3.05, 3.63) is 64.3 Å². The van der Waals surface area contributed by atoms with E-state index in [1.165, 1.54) is 4.57 Å². The van der Waals surface area contributed by atoms with Crippen LogP contribution in [0.5, 0.6) is 0 Å². The molecule has 2 aromatic carbocycles. The molecule has 0 aliphatic rings. The van der Waals surface area contributed by atoms with Gasteiger partial charge in [-0.1, -0.05) is 18.2 Å². The van der Waals surface area contributed by atoms with Crippen LogP contribution in [0.4, 0.5) is 5.69 Å². The summed E-state index contributed by atoms with van der Waals surface area (Å²) in [7, 11) is 0. The van der Waals surface area contributed by atoms with E-state index in [0.29, 0.717) is 18.1 Å². The number of imidazole rings is 1. The first-order chi connectivity index (χ1) is 14.0. The van der Waals surface area contributed by atoms with Crippen LogP contribution in [0, 0.1) is 13.8 Å². The van der Waals surface area contributed by atoms with Crippen LogP contribution in [0.2, 0.25) is 0 Å². The predicted molar refractivity (Wildman–Crippen MR) is 109 cm³/mol. The molecule has 0 fully saturated rings. The molecule has 1 amide bonds. The quantitative estimate of drug-likeness (QED) is 0.561. The number of amides is 1. The van der Waals surface area contributed by atoms with Crippen molar-refractivity contribution in [1.29, 1.82) is 0 Å². The first kappa shape index (κ1) is 18.6. The Bertz CT molecular complexity index is 1270. The van der Waals surface area contributed by atoms with Crippen LogP contribution in [0.15, 0.2) is 47.3 Å². The molecule has 148 valence electrons. The number of carbonyl (C=O) groups excluding carboxylic acids is 1. The van der Waals surface area contributed by atoms with Crippen LogP contribution >= 0.6 is 0 Å². The monoisotopic (exact) mass is 391 g/mol. The number of hydrogen-bond acceptors (Lipinski definition) is 5. The Kier molecular flexibility index (Phi) is 4.71. The standard InChI is InChI=1S/C20H21N7O2/c1-4-25-16-7-5-6-8-17(16)26(20(25)29)12-19(28)21-15-10-9-13(2)18(11-15)27-14(3)22-23-24-27/h5-11H,4,12H2,1-3H3,(H,21,28). The number of nitrogens with one attached hydrogen (secondary N) is 1. The minimum absolute atomic E-state index is 0.0700. The van der Waals surface area contributed by atoms with E-state index in [2.05, 4.69) is 20.8 Å². The molecule has 2 heterocycles. The fourth-order valence-corrected chi connectivity index (χ4v) is 3.44. The Morgan fingerprint density at radius 1 is 1.07 bits per heavy atom. The molecule has 0 bridgehead atoms. The maximum atomic E-state index is 12.7. The van der Waals surface area contributed by atoms with Crippen molar-refractivity contribution < 1.29 is 4.79 Å². The number of carbonyl (C=O) groups is 1. The average Bonchev–Trinajstić information content (AvgIpc) is 3.24. The van der Waals surface area contributed by atoms with Gasteiger partial charge in [0.2, 0.25) is 5.91 Å². The Hall–Kier alpha value is -3.75. The summed E-state index contributed by atoms with van der Waals surface area (Å²) in [6.45, 7) is 6.13. The Balaban J connectivity index is 1.62. The second-order valence-electron chi connectivity index (χ2n) is 6.79. The number of tetrazole rings is 1. The van der Waals surface area contributed by atoms with Gasteiger partial charge in [-0.3, -0.25) is 13.9 Å². The van der Waals surface area contributed by atoms with Crippen LogP contribution in [-0.4, -0.2) is 35.2 Å². The van der Waals surface area contributed by atoms with Crippen molar-refractivity contribution in [1.82, 2.24) is 29.3 Å². The van der Waals surface area contributed by atoms with Gasteiger partial charge in [-0.2, -0.15) is 4.68 Å². The lowest BCUT2D eigenvalue weighted by Crippen LogP contribution is -2.29. The third kappa shape index (κ3) is 3.31.